The van der Waals surface area contributed by atoms with E-state index in [2.05, 4.69) is 10.3 Å². The maximum Gasteiger partial charge on any atom is 0.259 e. The minimum atomic E-state index is -0.430. The molecule has 2 aromatic carbocycles. The van der Waals surface area contributed by atoms with Crippen LogP contribution < -0.4 is 5.32 Å². The second kappa shape index (κ2) is 7.14. The highest BCUT2D eigenvalue weighted by atomic mass is 16.3. The number of H-pyrrole nitrogens is 1. The van der Waals surface area contributed by atoms with E-state index in [4.69, 9.17) is 0 Å². The van der Waals surface area contributed by atoms with Crippen molar-refractivity contribution in [1.29, 1.82) is 0 Å². The Labute approximate surface area is 178 Å². The summed E-state index contributed by atoms with van der Waals surface area (Å²) in [5.74, 6) is -0.708. The fourth-order valence-electron chi connectivity index (χ4n) is 4.27. The molecule has 2 aromatic heterocycles. The Balaban J connectivity index is 1.78. The molecule has 156 valence electrons. The molecule has 3 N–H and O–H groups in total. The highest BCUT2D eigenvalue weighted by molar-refractivity contribution is 6.50. The van der Waals surface area contributed by atoms with Gasteiger partial charge < -0.3 is 19.6 Å². The van der Waals surface area contributed by atoms with Gasteiger partial charge in [-0.15, -0.1) is 0 Å². The molecule has 0 saturated heterocycles. The molecule has 4 aromatic rings. The fraction of sp³-hybridized carbons (Fsp3) is 0.167. The molecule has 7 nitrogen and oxygen atoms in total. The Bertz CT molecular complexity index is 1390. The lowest BCUT2D eigenvalue weighted by molar-refractivity contribution is -0.122. The molecule has 5 rings (SSSR count). The van der Waals surface area contributed by atoms with E-state index in [1.54, 1.807) is 18.3 Å². The zero-order chi connectivity index (χ0) is 21.7. The molecule has 0 aliphatic carbocycles. The monoisotopic (exact) mass is 414 g/mol. The molecule has 0 unspecified atom stereocenters. The van der Waals surface area contributed by atoms with Gasteiger partial charge in [0.2, 0.25) is 0 Å². The maximum atomic E-state index is 13.0. The number of hydrogen-bond acceptors (Lipinski definition) is 4. The summed E-state index contributed by atoms with van der Waals surface area (Å²) in [4.78, 5) is 31.0. The van der Waals surface area contributed by atoms with Crippen molar-refractivity contribution >= 4 is 44.8 Å². The number of likely N-dealkylation sites (N-methyl/N-ethyl adjacent to an activating group) is 1. The van der Waals surface area contributed by atoms with Crippen LogP contribution in [0.4, 0.5) is 0 Å². The van der Waals surface area contributed by atoms with Crippen LogP contribution in [0.15, 0.2) is 54.9 Å². The summed E-state index contributed by atoms with van der Waals surface area (Å²) in [5.41, 5.74) is 3.53. The lowest BCUT2D eigenvalue weighted by Gasteiger charge is -2.11. The van der Waals surface area contributed by atoms with Gasteiger partial charge in [0.25, 0.3) is 11.8 Å². The number of nitrogens with one attached hydrogen (secondary N) is 2. The van der Waals surface area contributed by atoms with E-state index in [-0.39, 0.29) is 5.75 Å². The van der Waals surface area contributed by atoms with E-state index in [9.17, 15) is 14.7 Å². The average Bonchev–Trinajstić information content (AvgIpc) is 3.40. The third-order valence-corrected chi connectivity index (χ3v) is 5.72. The number of hydrogen-bond donors (Lipinski definition) is 3. The second-order valence-electron chi connectivity index (χ2n) is 7.99. The number of benzene rings is 2. The molecule has 0 saturated carbocycles. The smallest absolute Gasteiger partial charge is 0.259 e. The van der Waals surface area contributed by atoms with Crippen LogP contribution in [0.25, 0.3) is 33.0 Å². The molecule has 1 aliphatic heterocycles. The summed E-state index contributed by atoms with van der Waals surface area (Å²) < 4.78 is 1.94. The van der Waals surface area contributed by atoms with Crippen molar-refractivity contribution in [3.05, 3.63) is 66.0 Å². The third kappa shape index (κ3) is 3.02. The first-order valence-electron chi connectivity index (χ1n) is 10.1. The Hall–Kier alpha value is -3.84. The van der Waals surface area contributed by atoms with E-state index in [0.717, 1.165) is 22.8 Å². The molecule has 31 heavy (non-hydrogen) atoms. The number of carbonyl (C=O) groups is 2. The van der Waals surface area contributed by atoms with Crippen LogP contribution in [0.1, 0.15) is 11.1 Å². The van der Waals surface area contributed by atoms with Crippen LogP contribution in [0.3, 0.4) is 0 Å². The zero-order valence-corrected chi connectivity index (χ0v) is 17.3. The van der Waals surface area contributed by atoms with E-state index >= 15 is 0 Å². The summed E-state index contributed by atoms with van der Waals surface area (Å²) >= 11 is 0. The van der Waals surface area contributed by atoms with Gasteiger partial charge in [0, 0.05) is 52.9 Å². The number of fused-ring (bicyclic) bond motifs is 2. The van der Waals surface area contributed by atoms with E-state index in [1.807, 2.05) is 60.1 Å². The van der Waals surface area contributed by atoms with Gasteiger partial charge >= 0.3 is 0 Å². The van der Waals surface area contributed by atoms with Crippen LogP contribution >= 0.6 is 0 Å². The number of rotatable bonds is 5. The molecule has 0 spiro atoms. The molecule has 1 aliphatic rings. The van der Waals surface area contributed by atoms with Crippen molar-refractivity contribution < 1.29 is 14.7 Å². The lowest BCUT2D eigenvalue weighted by Crippen LogP contribution is -2.22. The minimum Gasteiger partial charge on any atom is -0.506 e. The Kier molecular flexibility index (Phi) is 4.41. The summed E-state index contributed by atoms with van der Waals surface area (Å²) in [5, 5.41) is 14.6. The van der Waals surface area contributed by atoms with Gasteiger partial charge in [-0.05, 0) is 26.2 Å². The number of para-hydroxylation sites is 2. The van der Waals surface area contributed by atoms with Gasteiger partial charge in [0.1, 0.15) is 5.75 Å². The first kappa shape index (κ1) is 19.1. The summed E-state index contributed by atoms with van der Waals surface area (Å²) in [6.07, 6.45) is 3.62. The van der Waals surface area contributed by atoms with Crippen LogP contribution in [-0.2, 0) is 16.1 Å². The number of aromatic amines is 1. The highest BCUT2D eigenvalue weighted by Crippen LogP contribution is 2.39. The number of imide groups is 1. The molecule has 0 atom stereocenters. The number of aromatic hydroxyl groups is 1. The Morgan fingerprint density at radius 3 is 2.42 bits per heavy atom. The van der Waals surface area contributed by atoms with Crippen LogP contribution in [-0.4, -0.2) is 52.0 Å². The van der Waals surface area contributed by atoms with Gasteiger partial charge in [0.05, 0.1) is 16.7 Å². The van der Waals surface area contributed by atoms with Gasteiger partial charge in [-0.25, -0.2) is 0 Å². The predicted molar refractivity (Wildman–Crippen MR) is 120 cm³/mol. The molecule has 0 bridgehead atoms. The number of phenolic OH excluding ortho intramolecular Hbond substituents is 1. The average molecular weight is 414 g/mol. The second-order valence-corrected chi connectivity index (χ2v) is 7.99. The van der Waals surface area contributed by atoms with Gasteiger partial charge in [-0.1, -0.05) is 30.3 Å². The van der Waals surface area contributed by atoms with Crippen molar-refractivity contribution in [3.8, 4) is 5.75 Å². The summed E-state index contributed by atoms with van der Waals surface area (Å²) in [7, 11) is 3.96. The van der Waals surface area contributed by atoms with Crippen LogP contribution in [0, 0.1) is 0 Å². The largest absolute Gasteiger partial charge is 0.506 e. The molecule has 3 heterocycles. The first-order valence-corrected chi connectivity index (χ1v) is 10.1. The van der Waals surface area contributed by atoms with E-state index in [1.165, 1.54) is 0 Å². The van der Waals surface area contributed by atoms with Gasteiger partial charge in [0.15, 0.2) is 0 Å². The topological polar surface area (TPSA) is 90.4 Å². The first-order chi connectivity index (χ1) is 15.0. The van der Waals surface area contributed by atoms with Crippen LogP contribution in [0.5, 0.6) is 5.75 Å². The Morgan fingerprint density at radius 2 is 1.65 bits per heavy atom. The molecule has 2 amide bonds. The number of nitrogens with zero attached hydrogens (tertiary/aromatic N) is 2. The predicted octanol–water partition coefficient (Wildman–Crippen LogP) is 2.96. The molecule has 0 radical (unpaired) electrons. The molecular formula is C24H22N4O3. The van der Waals surface area contributed by atoms with Gasteiger partial charge in [-0.2, -0.15) is 0 Å². The normalized spacial score (nSPS) is 14.4. The van der Waals surface area contributed by atoms with Crippen molar-refractivity contribution in [2.24, 2.45) is 0 Å². The molecular weight excluding hydrogens is 392 g/mol. The molecule has 0 fully saturated rings. The van der Waals surface area contributed by atoms with Crippen molar-refractivity contribution in [1.82, 2.24) is 19.8 Å². The van der Waals surface area contributed by atoms with Crippen molar-refractivity contribution in [2.45, 2.75) is 6.54 Å². The highest BCUT2D eigenvalue weighted by Gasteiger charge is 2.35. The van der Waals surface area contributed by atoms with Gasteiger partial charge in [-0.3, -0.25) is 14.9 Å². The minimum absolute atomic E-state index is 0.140. The van der Waals surface area contributed by atoms with Crippen molar-refractivity contribution in [2.75, 3.05) is 20.6 Å². The lowest BCUT2D eigenvalue weighted by atomic mass is 9.95. The number of phenols is 1. The fourth-order valence-corrected chi connectivity index (χ4v) is 4.27. The third-order valence-electron chi connectivity index (χ3n) is 5.72. The SMILES string of the molecule is CN(C)CCn1cc(C2=C(c3c[nH]c4ccccc34)C(=O)NC2=O)c2cccc(O)c21. The summed E-state index contributed by atoms with van der Waals surface area (Å²) in [6, 6.07) is 12.9. The number of amides is 2. The standard InChI is InChI=1S/C24H22N4O3/c1-27(2)10-11-28-13-17(15-7-5-9-19(29)22(15)28)21-20(23(30)26-24(21)31)16-12-25-18-8-4-3-6-14(16)18/h3-9,12-13,25,29H,10-11H2,1-2H3,(H,26,30,31). The van der Waals surface area contributed by atoms with E-state index in [0.29, 0.717) is 34.3 Å². The number of aromatic nitrogens is 2. The van der Waals surface area contributed by atoms with Crippen molar-refractivity contribution in [3.63, 3.8) is 0 Å². The molecule has 7 heteroatoms. The summed E-state index contributed by atoms with van der Waals surface area (Å²) in [6.45, 7) is 1.39. The quantitative estimate of drug-likeness (QED) is 0.438. The number of carbonyl (C=O) groups excluding carboxylic acids is 2. The maximum absolute atomic E-state index is 13.0. The zero-order valence-electron chi connectivity index (χ0n) is 17.3. The Morgan fingerprint density at radius 1 is 0.935 bits per heavy atom. The van der Waals surface area contributed by atoms with E-state index < -0.39 is 11.8 Å². The van der Waals surface area contributed by atoms with Crippen LogP contribution in [0.2, 0.25) is 0 Å².